The SMILES string of the molecule is CC(=O)c1ccc(C(=O)N(Cc2ccco2)c2nc3ccc(C)cc3s2)cc1. The molecule has 0 aliphatic rings. The van der Waals surface area contributed by atoms with Crippen molar-refractivity contribution in [2.75, 3.05) is 4.90 Å². The van der Waals surface area contributed by atoms with E-state index in [0.717, 1.165) is 15.8 Å². The number of benzene rings is 2. The molecule has 2 aromatic carbocycles. The topological polar surface area (TPSA) is 63.4 Å². The summed E-state index contributed by atoms with van der Waals surface area (Å²) in [5, 5.41) is 0.609. The van der Waals surface area contributed by atoms with Gasteiger partial charge in [-0.2, -0.15) is 0 Å². The molecule has 0 aliphatic heterocycles. The van der Waals surface area contributed by atoms with Crippen LogP contribution in [0.5, 0.6) is 0 Å². The predicted octanol–water partition coefficient (Wildman–Crippen LogP) is 5.25. The van der Waals surface area contributed by atoms with Crippen molar-refractivity contribution in [1.29, 1.82) is 0 Å². The van der Waals surface area contributed by atoms with Crippen molar-refractivity contribution >= 4 is 38.4 Å². The van der Waals surface area contributed by atoms with E-state index in [4.69, 9.17) is 4.42 Å². The average Bonchev–Trinajstić information content (AvgIpc) is 3.34. The Morgan fingerprint density at radius 2 is 1.82 bits per heavy atom. The minimum absolute atomic E-state index is 0.0343. The standard InChI is InChI=1S/C22H18N2O3S/c1-14-5-10-19-20(12-14)28-22(23-19)24(13-18-4-3-11-27-18)21(26)17-8-6-16(7-9-17)15(2)25/h3-12H,13H2,1-2H3. The number of anilines is 1. The van der Waals surface area contributed by atoms with Gasteiger partial charge >= 0.3 is 0 Å². The number of Topliss-reactive ketones (excluding diaryl/α,β-unsaturated/α-hetero) is 1. The molecule has 0 spiro atoms. The first-order chi connectivity index (χ1) is 13.5. The summed E-state index contributed by atoms with van der Waals surface area (Å²) in [5.74, 6) is 0.444. The zero-order chi connectivity index (χ0) is 19.7. The van der Waals surface area contributed by atoms with Gasteiger partial charge in [0.2, 0.25) is 0 Å². The zero-order valence-electron chi connectivity index (χ0n) is 15.5. The zero-order valence-corrected chi connectivity index (χ0v) is 16.3. The van der Waals surface area contributed by atoms with Gasteiger partial charge in [-0.25, -0.2) is 4.98 Å². The first kappa shape index (κ1) is 18.1. The maximum Gasteiger partial charge on any atom is 0.260 e. The van der Waals surface area contributed by atoms with Crippen molar-refractivity contribution in [2.24, 2.45) is 0 Å². The third-order valence-corrected chi connectivity index (χ3v) is 5.48. The van der Waals surface area contributed by atoms with Gasteiger partial charge in [0.15, 0.2) is 10.9 Å². The van der Waals surface area contributed by atoms with Crippen LogP contribution in [0.1, 0.15) is 39.0 Å². The van der Waals surface area contributed by atoms with Crippen molar-refractivity contribution in [3.63, 3.8) is 0 Å². The van der Waals surface area contributed by atoms with Crippen molar-refractivity contribution in [1.82, 2.24) is 4.98 Å². The number of hydrogen-bond donors (Lipinski definition) is 0. The van der Waals surface area contributed by atoms with Gasteiger partial charge in [-0.15, -0.1) is 0 Å². The molecule has 6 heteroatoms. The van der Waals surface area contributed by atoms with E-state index in [1.54, 1.807) is 41.5 Å². The number of aromatic nitrogens is 1. The number of hydrogen-bond acceptors (Lipinski definition) is 5. The molecule has 2 heterocycles. The van der Waals surface area contributed by atoms with Crippen molar-refractivity contribution in [3.05, 3.63) is 83.3 Å². The van der Waals surface area contributed by atoms with Crippen LogP contribution >= 0.6 is 11.3 Å². The van der Waals surface area contributed by atoms with Gasteiger partial charge in [0.25, 0.3) is 5.91 Å². The highest BCUT2D eigenvalue weighted by atomic mass is 32.1. The molecule has 1 amide bonds. The van der Waals surface area contributed by atoms with E-state index in [1.807, 2.05) is 25.1 Å². The minimum Gasteiger partial charge on any atom is -0.467 e. The van der Waals surface area contributed by atoms with Crippen molar-refractivity contribution in [3.8, 4) is 0 Å². The van der Waals surface area contributed by atoms with Crippen LogP contribution < -0.4 is 4.90 Å². The van der Waals surface area contributed by atoms with Gasteiger partial charge in [-0.05, 0) is 55.8 Å². The number of thiazole rings is 1. The highest BCUT2D eigenvalue weighted by Gasteiger charge is 2.23. The number of carbonyl (C=O) groups is 2. The third kappa shape index (κ3) is 3.59. The van der Waals surface area contributed by atoms with E-state index >= 15 is 0 Å². The molecule has 0 aliphatic carbocycles. The fraction of sp³-hybridized carbons (Fsp3) is 0.136. The van der Waals surface area contributed by atoms with E-state index in [0.29, 0.717) is 22.0 Å². The molecule has 0 unspecified atom stereocenters. The normalized spacial score (nSPS) is 10.9. The molecule has 28 heavy (non-hydrogen) atoms. The van der Waals surface area contributed by atoms with Crippen LogP contribution in [0.25, 0.3) is 10.2 Å². The van der Waals surface area contributed by atoms with Crippen LogP contribution in [0.2, 0.25) is 0 Å². The summed E-state index contributed by atoms with van der Waals surface area (Å²) in [7, 11) is 0. The average molecular weight is 390 g/mol. The lowest BCUT2D eigenvalue weighted by Gasteiger charge is -2.19. The van der Waals surface area contributed by atoms with Crippen LogP contribution in [0.3, 0.4) is 0 Å². The molecule has 4 aromatic rings. The Kier molecular flexibility index (Phi) is 4.79. The van der Waals surface area contributed by atoms with Gasteiger partial charge in [0, 0.05) is 11.1 Å². The Morgan fingerprint density at radius 3 is 2.50 bits per heavy atom. The second-order valence-corrected chi connectivity index (χ2v) is 7.58. The molecule has 0 radical (unpaired) electrons. The van der Waals surface area contributed by atoms with Crippen LogP contribution in [-0.2, 0) is 6.54 Å². The number of rotatable bonds is 5. The third-order valence-electron chi connectivity index (χ3n) is 4.44. The van der Waals surface area contributed by atoms with Crippen LogP contribution in [-0.4, -0.2) is 16.7 Å². The van der Waals surface area contributed by atoms with Gasteiger partial charge in [-0.3, -0.25) is 14.5 Å². The number of fused-ring (bicyclic) bond motifs is 1. The Balaban J connectivity index is 1.73. The van der Waals surface area contributed by atoms with Crippen LogP contribution in [0, 0.1) is 6.92 Å². The molecule has 0 saturated carbocycles. The monoisotopic (exact) mass is 390 g/mol. The Morgan fingerprint density at radius 1 is 1.07 bits per heavy atom. The summed E-state index contributed by atoms with van der Waals surface area (Å²) in [4.78, 5) is 31.0. The fourth-order valence-corrected chi connectivity index (χ4v) is 3.98. The van der Waals surface area contributed by atoms with E-state index in [9.17, 15) is 9.59 Å². The first-order valence-electron chi connectivity index (χ1n) is 8.84. The molecule has 140 valence electrons. The summed E-state index contributed by atoms with van der Waals surface area (Å²) in [6.45, 7) is 3.81. The second-order valence-electron chi connectivity index (χ2n) is 6.57. The number of amides is 1. The summed E-state index contributed by atoms with van der Waals surface area (Å²) in [5.41, 5.74) is 3.07. The molecule has 2 aromatic heterocycles. The van der Waals surface area contributed by atoms with E-state index in [2.05, 4.69) is 11.1 Å². The lowest BCUT2D eigenvalue weighted by molar-refractivity contribution is 0.0979. The molecule has 0 atom stereocenters. The summed E-state index contributed by atoms with van der Waals surface area (Å²) >= 11 is 1.47. The van der Waals surface area contributed by atoms with E-state index < -0.39 is 0 Å². The molecular formula is C22H18N2O3S. The highest BCUT2D eigenvalue weighted by Crippen LogP contribution is 2.31. The lowest BCUT2D eigenvalue weighted by Crippen LogP contribution is -2.30. The number of furan rings is 1. The van der Waals surface area contributed by atoms with Crippen molar-refractivity contribution < 1.29 is 14.0 Å². The minimum atomic E-state index is -0.192. The van der Waals surface area contributed by atoms with Crippen molar-refractivity contribution in [2.45, 2.75) is 20.4 Å². The van der Waals surface area contributed by atoms with Gasteiger partial charge in [0.1, 0.15) is 5.76 Å². The maximum absolute atomic E-state index is 13.3. The van der Waals surface area contributed by atoms with Gasteiger partial charge < -0.3 is 4.42 Å². The summed E-state index contributed by atoms with van der Waals surface area (Å²) in [6.07, 6.45) is 1.58. The van der Waals surface area contributed by atoms with Crippen LogP contribution in [0.4, 0.5) is 5.13 Å². The molecule has 0 bridgehead atoms. The molecule has 0 fully saturated rings. The summed E-state index contributed by atoms with van der Waals surface area (Å²) < 4.78 is 6.48. The summed E-state index contributed by atoms with van der Waals surface area (Å²) in [6, 6.07) is 16.3. The molecule has 0 saturated heterocycles. The van der Waals surface area contributed by atoms with E-state index in [-0.39, 0.29) is 18.2 Å². The molecule has 4 rings (SSSR count). The molecule has 5 nitrogen and oxygen atoms in total. The highest BCUT2D eigenvalue weighted by molar-refractivity contribution is 7.22. The Bertz CT molecular complexity index is 1140. The smallest absolute Gasteiger partial charge is 0.260 e. The Labute approximate surface area is 166 Å². The van der Waals surface area contributed by atoms with Gasteiger partial charge in [-0.1, -0.05) is 29.5 Å². The fourth-order valence-electron chi connectivity index (χ4n) is 2.92. The molecule has 0 N–H and O–H groups in total. The number of carbonyl (C=O) groups excluding carboxylic acids is 2. The number of aryl methyl sites for hydroxylation is 1. The second kappa shape index (κ2) is 7.40. The van der Waals surface area contributed by atoms with Gasteiger partial charge in [0.05, 0.1) is 23.0 Å². The lowest BCUT2D eigenvalue weighted by atomic mass is 10.1. The molecular weight excluding hydrogens is 372 g/mol. The number of nitrogens with zero attached hydrogens (tertiary/aromatic N) is 2. The quantitative estimate of drug-likeness (QED) is 0.437. The largest absolute Gasteiger partial charge is 0.467 e. The first-order valence-corrected chi connectivity index (χ1v) is 9.65. The maximum atomic E-state index is 13.3. The Hall–Kier alpha value is -3.25. The number of ketones is 1. The predicted molar refractivity (Wildman–Crippen MR) is 110 cm³/mol. The van der Waals surface area contributed by atoms with E-state index in [1.165, 1.54) is 18.3 Å². The van der Waals surface area contributed by atoms with Crippen LogP contribution in [0.15, 0.2) is 65.3 Å².